The van der Waals surface area contributed by atoms with Crippen molar-refractivity contribution in [1.82, 2.24) is 0 Å². The first kappa shape index (κ1) is 17.1. The Morgan fingerprint density at radius 3 is 2.14 bits per heavy atom. The molecule has 0 saturated carbocycles. The third-order valence-corrected chi connectivity index (χ3v) is 4.46. The minimum Gasteiger partial charge on any atom is -0.390 e. The predicted octanol–water partition coefficient (Wildman–Crippen LogP) is 0.423. The van der Waals surface area contributed by atoms with Crippen molar-refractivity contribution in [3.63, 3.8) is 0 Å². The molecule has 124 valence electrons. The molecule has 0 aromatic rings. The molecule has 0 aromatic carbocycles. The van der Waals surface area contributed by atoms with Gasteiger partial charge in [-0.15, -0.1) is 0 Å². The zero-order valence-electron chi connectivity index (χ0n) is 13.2. The van der Waals surface area contributed by atoms with Gasteiger partial charge in [0.25, 0.3) is 0 Å². The highest BCUT2D eigenvalue weighted by atomic mass is 16.7. The molecule has 0 spiro atoms. The Morgan fingerprint density at radius 2 is 1.57 bits per heavy atom. The van der Waals surface area contributed by atoms with Crippen molar-refractivity contribution < 1.29 is 29.5 Å². The summed E-state index contributed by atoms with van der Waals surface area (Å²) in [5.41, 5.74) is 0. The smallest absolute Gasteiger partial charge is 0.161 e. The molecule has 0 amide bonds. The molecule has 0 aromatic heterocycles. The molecule has 2 saturated heterocycles. The quantitative estimate of drug-likeness (QED) is 0.700. The minimum atomic E-state index is -0.896. The minimum absolute atomic E-state index is 0.0323. The van der Waals surface area contributed by atoms with Gasteiger partial charge in [-0.1, -0.05) is 13.8 Å². The van der Waals surface area contributed by atoms with Crippen LogP contribution in [0.5, 0.6) is 0 Å². The van der Waals surface area contributed by atoms with Crippen LogP contribution in [0.1, 0.15) is 40.5 Å². The fourth-order valence-corrected chi connectivity index (χ4v) is 2.96. The summed E-state index contributed by atoms with van der Waals surface area (Å²) >= 11 is 0. The number of rotatable bonds is 3. The van der Waals surface area contributed by atoms with Gasteiger partial charge in [0, 0.05) is 12.8 Å². The number of hydrogen-bond donors (Lipinski definition) is 3. The van der Waals surface area contributed by atoms with E-state index in [9.17, 15) is 15.3 Å². The van der Waals surface area contributed by atoms with Crippen LogP contribution >= 0.6 is 0 Å². The number of aliphatic hydroxyl groups excluding tert-OH is 3. The Balaban J connectivity index is 1.97. The average molecular weight is 304 g/mol. The molecule has 2 aliphatic heterocycles. The third kappa shape index (κ3) is 3.94. The molecule has 8 atom stereocenters. The monoisotopic (exact) mass is 304 g/mol. The van der Waals surface area contributed by atoms with Crippen LogP contribution in [-0.4, -0.2) is 64.3 Å². The van der Waals surface area contributed by atoms with E-state index in [1.807, 2.05) is 6.92 Å². The van der Waals surface area contributed by atoms with E-state index in [2.05, 4.69) is 13.8 Å². The fourth-order valence-electron chi connectivity index (χ4n) is 2.96. The van der Waals surface area contributed by atoms with Gasteiger partial charge in [-0.3, -0.25) is 0 Å². The van der Waals surface area contributed by atoms with E-state index < -0.39 is 30.7 Å². The lowest BCUT2D eigenvalue weighted by molar-refractivity contribution is -0.288. The van der Waals surface area contributed by atoms with Crippen LogP contribution in [0.25, 0.3) is 0 Å². The van der Waals surface area contributed by atoms with Crippen LogP contribution in [0.15, 0.2) is 0 Å². The first-order valence-electron chi connectivity index (χ1n) is 7.80. The highest BCUT2D eigenvalue weighted by Gasteiger charge is 2.41. The first-order valence-corrected chi connectivity index (χ1v) is 7.80. The average Bonchev–Trinajstić information content (AvgIpc) is 2.40. The molecule has 3 N–H and O–H groups in total. The van der Waals surface area contributed by atoms with E-state index >= 15 is 0 Å². The highest BCUT2D eigenvalue weighted by molar-refractivity contribution is 4.87. The molecule has 6 heteroatoms. The molecule has 2 aliphatic rings. The maximum atomic E-state index is 10.2. The van der Waals surface area contributed by atoms with Gasteiger partial charge in [-0.05, 0) is 19.8 Å². The largest absolute Gasteiger partial charge is 0.390 e. The van der Waals surface area contributed by atoms with Crippen molar-refractivity contribution in [2.45, 2.75) is 89.6 Å². The van der Waals surface area contributed by atoms with Gasteiger partial charge >= 0.3 is 0 Å². The molecule has 2 fully saturated rings. The second kappa shape index (κ2) is 6.89. The Hall–Kier alpha value is -0.240. The van der Waals surface area contributed by atoms with Crippen LogP contribution in [0.3, 0.4) is 0 Å². The summed E-state index contributed by atoms with van der Waals surface area (Å²) in [5.74, 6) is 0.338. The Labute approximate surface area is 126 Å². The topological polar surface area (TPSA) is 88.4 Å². The van der Waals surface area contributed by atoms with Crippen molar-refractivity contribution in [2.24, 2.45) is 5.92 Å². The maximum absolute atomic E-state index is 10.2. The number of aliphatic hydroxyl groups is 3. The molecule has 2 heterocycles. The number of ether oxygens (including phenoxy) is 3. The molecule has 8 unspecified atom stereocenters. The van der Waals surface area contributed by atoms with Crippen molar-refractivity contribution >= 4 is 0 Å². The predicted molar refractivity (Wildman–Crippen MR) is 75.6 cm³/mol. The van der Waals surface area contributed by atoms with Crippen molar-refractivity contribution in [3.05, 3.63) is 0 Å². The zero-order valence-corrected chi connectivity index (χ0v) is 13.2. The Bertz CT molecular complexity index is 324. The molecule has 0 radical (unpaired) electrons. The van der Waals surface area contributed by atoms with E-state index in [1.54, 1.807) is 6.92 Å². The Kier molecular flexibility index (Phi) is 5.62. The molecule has 0 aliphatic carbocycles. The highest BCUT2D eigenvalue weighted by Crippen LogP contribution is 2.30. The summed E-state index contributed by atoms with van der Waals surface area (Å²) in [4.78, 5) is 0. The van der Waals surface area contributed by atoms with Crippen LogP contribution < -0.4 is 0 Å². The van der Waals surface area contributed by atoms with E-state index in [1.165, 1.54) is 0 Å². The third-order valence-electron chi connectivity index (χ3n) is 4.46. The van der Waals surface area contributed by atoms with Gasteiger partial charge < -0.3 is 29.5 Å². The van der Waals surface area contributed by atoms with E-state index in [4.69, 9.17) is 14.2 Å². The molecular formula is C15H28O6. The first-order chi connectivity index (χ1) is 9.79. The summed E-state index contributed by atoms with van der Waals surface area (Å²) in [6, 6.07) is 0. The van der Waals surface area contributed by atoms with Crippen LogP contribution in [0.4, 0.5) is 0 Å². The van der Waals surface area contributed by atoms with Crippen LogP contribution in [0, 0.1) is 5.92 Å². The van der Waals surface area contributed by atoms with Crippen molar-refractivity contribution in [1.29, 1.82) is 0 Å². The summed E-state index contributed by atoms with van der Waals surface area (Å²) in [6.45, 7) is 7.68. The van der Waals surface area contributed by atoms with E-state index in [-0.39, 0.29) is 24.7 Å². The summed E-state index contributed by atoms with van der Waals surface area (Å²) in [5, 5.41) is 29.7. The normalized spacial score (nSPS) is 48.6. The zero-order chi connectivity index (χ0) is 15.7. The van der Waals surface area contributed by atoms with Crippen molar-refractivity contribution in [3.8, 4) is 0 Å². The lowest BCUT2D eigenvalue weighted by atomic mass is 9.92. The molecule has 21 heavy (non-hydrogen) atoms. The SMILES string of the molecule is CC(C)C1CC(OC2CC(O)C(O)C(C)O2)C(O)C(C)O1. The second-order valence-corrected chi connectivity index (χ2v) is 6.59. The second-order valence-electron chi connectivity index (χ2n) is 6.59. The van der Waals surface area contributed by atoms with E-state index in [0.717, 1.165) is 0 Å². The van der Waals surface area contributed by atoms with Gasteiger partial charge in [0.2, 0.25) is 0 Å². The van der Waals surface area contributed by atoms with Gasteiger partial charge in [-0.2, -0.15) is 0 Å². The lowest BCUT2D eigenvalue weighted by Crippen LogP contribution is -2.53. The molecule has 2 rings (SSSR count). The van der Waals surface area contributed by atoms with Gasteiger partial charge in [0.05, 0.1) is 30.5 Å². The van der Waals surface area contributed by atoms with E-state index in [0.29, 0.717) is 12.3 Å². The van der Waals surface area contributed by atoms with Gasteiger partial charge in [0.15, 0.2) is 6.29 Å². The number of hydrogen-bond acceptors (Lipinski definition) is 6. The molecule has 6 nitrogen and oxygen atoms in total. The Morgan fingerprint density at radius 1 is 0.952 bits per heavy atom. The summed E-state index contributed by atoms with van der Waals surface area (Å²) < 4.78 is 17.2. The lowest BCUT2D eigenvalue weighted by Gasteiger charge is -2.42. The van der Waals surface area contributed by atoms with Crippen LogP contribution in [0.2, 0.25) is 0 Å². The fraction of sp³-hybridized carbons (Fsp3) is 1.00. The van der Waals surface area contributed by atoms with Crippen molar-refractivity contribution in [2.75, 3.05) is 0 Å². The standard InChI is InChI=1S/C15H28O6/c1-7(2)11-6-12(15(18)9(4)19-11)21-13-5-10(16)14(17)8(3)20-13/h7-18H,5-6H2,1-4H3. The van der Waals surface area contributed by atoms with Gasteiger partial charge in [0.1, 0.15) is 12.2 Å². The summed E-state index contributed by atoms with van der Waals surface area (Å²) in [7, 11) is 0. The van der Waals surface area contributed by atoms with Crippen LogP contribution in [-0.2, 0) is 14.2 Å². The maximum Gasteiger partial charge on any atom is 0.161 e. The summed E-state index contributed by atoms with van der Waals surface area (Å²) in [6.07, 6.45) is -3.45. The van der Waals surface area contributed by atoms with Gasteiger partial charge in [-0.25, -0.2) is 0 Å². The molecular weight excluding hydrogens is 276 g/mol. The molecule has 0 bridgehead atoms.